The van der Waals surface area contributed by atoms with E-state index in [9.17, 15) is 0 Å². The Kier molecular flexibility index (Phi) is 4.91. The van der Waals surface area contributed by atoms with Gasteiger partial charge < -0.3 is 10.0 Å². The highest BCUT2D eigenvalue weighted by Crippen LogP contribution is 1.93. The molecule has 0 rings (SSSR count). The molecule has 1 N–H and O–H groups in total. The van der Waals surface area contributed by atoms with Crippen LogP contribution >= 0.6 is 0 Å². The highest BCUT2D eigenvalue weighted by Gasteiger charge is 2.02. The molecular formula is C7H14N2O. The lowest BCUT2D eigenvalue weighted by Crippen LogP contribution is -2.26. The van der Waals surface area contributed by atoms with Gasteiger partial charge in [0.2, 0.25) is 0 Å². The molecule has 0 heterocycles. The summed E-state index contributed by atoms with van der Waals surface area (Å²) < 4.78 is 0. The molecule has 0 saturated carbocycles. The Morgan fingerprint density at radius 1 is 1.70 bits per heavy atom. The Morgan fingerprint density at radius 3 is 2.70 bits per heavy atom. The summed E-state index contributed by atoms with van der Waals surface area (Å²) in [7, 11) is 1.89. The van der Waals surface area contributed by atoms with Crippen molar-refractivity contribution in [3.63, 3.8) is 0 Å². The molecule has 0 aromatic rings. The normalized spacial score (nSPS) is 13.1. The molecule has 10 heavy (non-hydrogen) atoms. The second kappa shape index (κ2) is 5.21. The second-order valence-corrected chi connectivity index (χ2v) is 2.52. The lowest BCUT2D eigenvalue weighted by molar-refractivity contribution is 0.214. The topological polar surface area (TPSA) is 47.3 Å². The van der Waals surface area contributed by atoms with Crippen LogP contribution in [0.1, 0.15) is 6.92 Å². The summed E-state index contributed by atoms with van der Waals surface area (Å²) in [5, 5.41) is 16.9. The molecule has 0 spiro atoms. The van der Waals surface area contributed by atoms with Gasteiger partial charge in [-0.25, -0.2) is 0 Å². The SMILES string of the molecule is CC(C#N)CN(C)CCO. The van der Waals surface area contributed by atoms with Gasteiger partial charge in [0.25, 0.3) is 0 Å². The third-order valence-corrected chi connectivity index (χ3v) is 1.29. The van der Waals surface area contributed by atoms with Gasteiger partial charge in [-0.2, -0.15) is 5.26 Å². The van der Waals surface area contributed by atoms with Crippen LogP contribution in [-0.4, -0.2) is 36.8 Å². The fourth-order valence-corrected chi connectivity index (χ4v) is 0.770. The highest BCUT2D eigenvalue weighted by molar-refractivity contribution is 4.80. The minimum absolute atomic E-state index is 0.0524. The van der Waals surface area contributed by atoms with Gasteiger partial charge in [0.15, 0.2) is 0 Å². The Hall–Kier alpha value is -0.590. The van der Waals surface area contributed by atoms with Crippen LogP contribution in [0.3, 0.4) is 0 Å². The van der Waals surface area contributed by atoms with Crippen molar-refractivity contribution in [1.82, 2.24) is 4.90 Å². The Labute approximate surface area is 61.9 Å². The average molecular weight is 142 g/mol. The van der Waals surface area contributed by atoms with E-state index in [1.807, 2.05) is 18.9 Å². The van der Waals surface area contributed by atoms with Crippen LogP contribution < -0.4 is 0 Å². The number of nitrogens with zero attached hydrogens (tertiary/aromatic N) is 2. The minimum atomic E-state index is 0.0524. The van der Waals surface area contributed by atoms with Crippen molar-refractivity contribution in [2.45, 2.75) is 6.92 Å². The van der Waals surface area contributed by atoms with Crippen molar-refractivity contribution in [1.29, 1.82) is 5.26 Å². The molecule has 1 unspecified atom stereocenters. The lowest BCUT2D eigenvalue weighted by atomic mass is 10.2. The number of hydrogen-bond acceptors (Lipinski definition) is 3. The molecule has 1 atom stereocenters. The maximum absolute atomic E-state index is 8.50. The molecule has 0 aliphatic rings. The molecule has 0 radical (unpaired) electrons. The molecule has 0 aliphatic carbocycles. The summed E-state index contributed by atoms with van der Waals surface area (Å²) in [4.78, 5) is 1.94. The molecule has 0 saturated heterocycles. The van der Waals surface area contributed by atoms with Gasteiger partial charge in [-0.05, 0) is 14.0 Å². The van der Waals surface area contributed by atoms with E-state index in [0.717, 1.165) is 6.54 Å². The van der Waals surface area contributed by atoms with Gasteiger partial charge in [-0.3, -0.25) is 0 Å². The van der Waals surface area contributed by atoms with Crippen molar-refractivity contribution in [3.05, 3.63) is 0 Å². The van der Waals surface area contributed by atoms with Crippen molar-refractivity contribution in [3.8, 4) is 6.07 Å². The van der Waals surface area contributed by atoms with E-state index in [-0.39, 0.29) is 12.5 Å². The summed E-state index contributed by atoms with van der Waals surface area (Å²) in [5.41, 5.74) is 0. The monoisotopic (exact) mass is 142 g/mol. The van der Waals surface area contributed by atoms with Gasteiger partial charge in [-0.1, -0.05) is 0 Å². The fraction of sp³-hybridized carbons (Fsp3) is 0.857. The summed E-state index contributed by atoms with van der Waals surface area (Å²) in [6.45, 7) is 3.41. The largest absolute Gasteiger partial charge is 0.395 e. The standard InChI is InChI=1S/C7H14N2O/c1-7(5-8)6-9(2)3-4-10/h7,10H,3-4,6H2,1-2H3. The molecule has 3 nitrogen and oxygen atoms in total. The first-order chi connectivity index (χ1) is 4.70. The van der Waals surface area contributed by atoms with Gasteiger partial charge in [0.05, 0.1) is 18.6 Å². The highest BCUT2D eigenvalue weighted by atomic mass is 16.3. The van der Waals surface area contributed by atoms with Gasteiger partial charge in [0.1, 0.15) is 0 Å². The first-order valence-corrected chi connectivity index (χ1v) is 3.39. The molecule has 0 aromatic heterocycles. The second-order valence-electron chi connectivity index (χ2n) is 2.52. The Bertz CT molecular complexity index is 119. The third-order valence-electron chi connectivity index (χ3n) is 1.29. The number of aliphatic hydroxyl groups is 1. The average Bonchev–Trinajstić information content (AvgIpc) is 1.88. The zero-order valence-electron chi connectivity index (χ0n) is 6.54. The predicted molar refractivity (Wildman–Crippen MR) is 39.4 cm³/mol. The van der Waals surface area contributed by atoms with Crippen molar-refractivity contribution in [2.75, 3.05) is 26.7 Å². The smallest absolute Gasteiger partial charge is 0.0666 e. The van der Waals surface area contributed by atoms with E-state index in [2.05, 4.69) is 6.07 Å². The van der Waals surface area contributed by atoms with Gasteiger partial charge in [0, 0.05) is 13.1 Å². The molecule has 3 heteroatoms. The van der Waals surface area contributed by atoms with Crippen molar-refractivity contribution in [2.24, 2.45) is 5.92 Å². The number of rotatable bonds is 4. The minimum Gasteiger partial charge on any atom is -0.395 e. The molecule has 0 aromatic carbocycles. The molecule has 0 aliphatic heterocycles. The first kappa shape index (κ1) is 9.41. The molecule has 0 bridgehead atoms. The maximum atomic E-state index is 8.50. The van der Waals surface area contributed by atoms with Crippen LogP contribution in [0.15, 0.2) is 0 Å². The van der Waals surface area contributed by atoms with Crippen LogP contribution in [0.25, 0.3) is 0 Å². The van der Waals surface area contributed by atoms with Crippen molar-refractivity contribution >= 4 is 0 Å². The van der Waals surface area contributed by atoms with E-state index >= 15 is 0 Å². The van der Waals surface area contributed by atoms with Gasteiger partial charge >= 0.3 is 0 Å². The van der Waals surface area contributed by atoms with E-state index in [1.54, 1.807) is 0 Å². The molecular weight excluding hydrogens is 128 g/mol. The summed E-state index contributed by atoms with van der Waals surface area (Å²) in [5.74, 6) is 0.0524. The maximum Gasteiger partial charge on any atom is 0.0666 e. The zero-order chi connectivity index (χ0) is 7.98. The summed E-state index contributed by atoms with van der Waals surface area (Å²) in [6.07, 6.45) is 0. The van der Waals surface area contributed by atoms with Crippen LogP contribution in [0.5, 0.6) is 0 Å². The first-order valence-electron chi connectivity index (χ1n) is 3.39. The quantitative estimate of drug-likeness (QED) is 0.604. The molecule has 0 fully saturated rings. The summed E-state index contributed by atoms with van der Waals surface area (Å²) >= 11 is 0. The number of hydrogen-bond donors (Lipinski definition) is 1. The van der Waals surface area contributed by atoms with E-state index in [4.69, 9.17) is 10.4 Å². The van der Waals surface area contributed by atoms with Crippen LogP contribution in [0, 0.1) is 17.2 Å². The van der Waals surface area contributed by atoms with Crippen molar-refractivity contribution < 1.29 is 5.11 Å². The van der Waals surface area contributed by atoms with E-state index < -0.39 is 0 Å². The van der Waals surface area contributed by atoms with Crippen LogP contribution in [-0.2, 0) is 0 Å². The summed E-state index contributed by atoms with van der Waals surface area (Å²) in [6, 6.07) is 2.13. The van der Waals surface area contributed by atoms with E-state index in [1.165, 1.54) is 0 Å². The van der Waals surface area contributed by atoms with E-state index in [0.29, 0.717) is 6.54 Å². The van der Waals surface area contributed by atoms with Gasteiger partial charge in [-0.15, -0.1) is 0 Å². The third kappa shape index (κ3) is 4.30. The number of likely N-dealkylation sites (N-methyl/N-ethyl adjacent to an activating group) is 1. The van der Waals surface area contributed by atoms with Crippen LogP contribution in [0.4, 0.5) is 0 Å². The lowest BCUT2D eigenvalue weighted by Gasteiger charge is -2.15. The Morgan fingerprint density at radius 2 is 2.30 bits per heavy atom. The van der Waals surface area contributed by atoms with Crippen LogP contribution in [0.2, 0.25) is 0 Å². The zero-order valence-corrected chi connectivity index (χ0v) is 6.54. The fourth-order valence-electron chi connectivity index (χ4n) is 0.770. The molecule has 0 amide bonds. The Balaban J connectivity index is 3.39. The number of nitriles is 1. The predicted octanol–water partition coefficient (Wildman–Crippen LogP) is 0.0702. The number of aliphatic hydroxyl groups excluding tert-OH is 1. The molecule has 58 valence electrons.